The van der Waals surface area contributed by atoms with E-state index in [9.17, 15) is 4.79 Å². The first-order chi connectivity index (χ1) is 6.70. The summed E-state index contributed by atoms with van der Waals surface area (Å²) in [5.41, 5.74) is 0. The van der Waals surface area contributed by atoms with Crippen LogP contribution in [0, 0.1) is 11.3 Å². The quantitative estimate of drug-likeness (QED) is 0.602. The predicted octanol–water partition coefficient (Wildman–Crippen LogP) is 0.357. The van der Waals surface area contributed by atoms with Crippen LogP contribution in [0.15, 0.2) is 0 Å². The van der Waals surface area contributed by atoms with Crippen LogP contribution in [0.5, 0.6) is 0 Å². The van der Waals surface area contributed by atoms with Gasteiger partial charge in [0, 0.05) is 18.3 Å². The number of hydrogen-bond donors (Lipinski definition) is 2. The molecule has 0 saturated carbocycles. The number of nitriles is 1. The van der Waals surface area contributed by atoms with Gasteiger partial charge in [0.2, 0.25) is 5.91 Å². The molecule has 0 rings (SSSR count). The van der Waals surface area contributed by atoms with Gasteiger partial charge in [0.15, 0.2) is 0 Å². The molecular formula is C9H17N3OS. The Balaban J connectivity index is 3.32. The minimum absolute atomic E-state index is 0.0476. The molecule has 2 N–H and O–H groups in total. The molecule has 0 fully saturated rings. The molecule has 4 nitrogen and oxygen atoms in total. The van der Waals surface area contributed by atoms with E-state index in [-0.39, 0.29) is 5.91 Å². The molecule has 1 unspecified atom stereocenters. The van der Waals surface area contributed by atoms with Crippen molar-refractivity contribution < 1.29 is 4.79 Å². The highest BCUT2D eigenvalue weighted by Gasteiger charge is 2.01. The molecule has 0 bridgehead atoms. The van der Waals surface area contributed by atoms with Gasteiger partial charge in [0.1, 0.15) is 0 Å². The molecule has 0 aliphatic carbocycles. The molecule has 0 spiro atoms. The van der Waals surface area contributed by atoms with Crippen molar-refractivity contribution in [2.45, 2.75) is 18.6 Å². The number of carbonyl (C=O) groups is 1. The fourth-order valence-corrected chi connectivity index (χ4v) is 1.08. The van der Waals surface area contributed by atoms with Crippen LogP contribution < -0.4 is 10.6 Å². The van der Waals surface area contributed by atoms with Gasteiger partial charge in [-0.15, -0.1) is 0 Å². The third-order valence-electron chi connectivity index (χ3n) is 1.68. The topological polar surface area (TPSA) is 64.9 Å². The molecule has 14 heavy (non-hydrogen) atoms. The minimum Gasteiger partial charge on any atom is -0.354 e. The van der Waals surface area contributed by atoms with E-state index in [0.29, 0.717) is 24.8 Å². The Morgan fingerprint density at radius 3 is 2.93 bits per heavy atom. The van der Waals surface area contributed by atoms with Gasteiger partial charge in [-0.3, -0.25) is 4.79 Å². The highest BCUT2D eigenvalue weighted by atomic mass is 32.2. The van der Waals surface area contributed by atoms with Crippen LogP contribution in [0.4, 0.5) is 0 Å². The van der Waals surface area contributed by atoms with Crippen molar-refractivity contribution in [2.75, 3.05) is 25.9 Å². The first-order valence-electron chi connectivity index (χ1n) is 4.58. The molecule has 0 aliphatic heterocycles. The van der Waals surface area contributed by atoms with Crippen molar-refractivity contribution in [1.82, 2.24) is 10.6 Å². The van der Waals surface area contributed by atoms with E-state index in [2.05, 4.69) is 17.6 Å². The second-order valence-electron chi connectivity index (χ2n) is 2.94. The van der Waals surface area contributed by atoms with Crippen molar-refractivity contribution in [3.05, 3.63) is 0 Å². The fourth-order valence-electron chi connectivity index (χ4n) is 0.793. The molecule has 0 aromatic carbocycles. The molecule has 80 valence electrons. The lowest BCUT2D eigenvalue weighted by atomic mass is 10.4. The Hall–Kier alpha value is -0.730. The average molecular weight is 215 g/mol. The van der Waals surface area contributed by atoms with Gasteiger partial charge in [-0.1, -0.05) is 6.92 Å². The van der Waals surface area contributed by atoms with Gasteiger partial charge in [-0.25, -0.2) is 0 Å². The minimum atomic E-state index is -0.0476. The Bertz CT molecular complexity index is 203. The summed E-state index contributed by atoms with van der Waals surface area (Å²) in [6, 6.07) is 1.97. The third-order valence-corrected chi connectivity index (χ3v) is 2.65. The molecule has 0 aliphatic rings. The second kappa shape index (κ2) is 8.85. The van der Waals surface area contributed by atoms with Crippen LogP contribution in [-0.2, 0) is 4.79 Å². The summed E-state index contributed by atoms with van der Waals surface area (Å²) in [5, 5.41) is 14.4. The van der Waals surface area contributed by atoms with Crippen LogP contribution in [0.25, 0.3) is 0 Å². The van der Waals surface area contributed by atoms with Gasteiger partial charge in [0.05, 0.1) is 19.0 Å². The number of nitrogens with one attached hydrogen (secondary N) is 2. The number of hydrogen-bond acceptors (Lipinski definition) is 4. The normalized spacial score (nSPS) is 11.8. The SMILES string of the molecule is CSC(C)CNCC(=O)NCCC#N. The van der Waals surface area contributed by atoms with E-state index < -0.39 is 0 Å². The lowest BCUT2D eigenvalue weighted by molar-refractivity contribution is -0.120. The van der Waals surface area contributed by atoms with Crippen LogP contribution >= 0.6 is 11.8 Å². The zero-order valence-electron chi connectivity index (χ0n) is 8.67. The van der Waals surface area contributed by atoms with Gasteiger partial charge < -0.3 is 10.6 Å². The smallest absolute Gasteiger partial charge is 0.233 e. The Morgan fingerprint density at radius 1 is 1.64 bits per heavy atom. The van der Waals surface area contributed by atoms with Gasteiger partial charge >= 0.3 is 0 Å². The maximum Gasteiger partial charge on any atom is 0.233 e. The first-order valence-corrected chi connectivity index (χ1v) is 5.86. The molecule has 0 aromatic heterocycles. The summed E-state index contributed by atoms with van der Waals surface area (Å²) in [5.74, 6) is -0.0476. The van der Waals surface area contributed by atoms with E-state index in [4.69, 9.17) is 5.26 Å². The summed E-state index contributed by atoms with van der Waals surface area (Å²) < 4.78 is 0. The average Bonchev–Trinajstić information content (AvgIpc) is 2.18. The Morgan fingerprint density at radius 2 is 2.36 bits per heavy atom. The molecule has 0 saturated heterocycles. The highest BCUT2D eigenvalue weighted by molar-refractivity contribution is 7.99. The van der Waals surface area contributed by atoms with Gasteiger partial charge in [0.25, 0.3) is 0 Å². The lowest BCUT2D eigenvalue weighted by Crippen LogP contribution is -2.36. The lowest BCUT2D eigenvalue weighted by Gasteiger charge is -2.09. The summed E-state index contributed by atoms with van der Waals surface area (Å²) in [6.45, 7) is 3.70. The van der Waals surface area contributed by atoms with Crippen molar-refractivity contribution in [3.63, 3.8) is 0 Å². The number of thioether (sulfide) groups is 1. The monoisotopic (exact) mass is 215 g/mol. The van der Waals surface area contributed by atoms with Crippen LogP contribution in [0.2, 0.25) is 0 Å². The molecular weight excluding hydrogens is 198 g/mol. The fraction of sp³-hybridized carbons (Fsp3) is 0.778. The zero-order chi connectivity index (χ0) is 10.8. The van der Waals surface area contributed by atoms with Crippen molar-refractivity contribution in [1.29, 1.82) is 5.26 Å². The molecule has 5 heteroatoms. The Kier molecular flexibility index (Phi) is 8.39. The van der Waals surface area contributed by atoms with Crippen molar-refractivity contribution in [3.8, 4) is 6.07 Å². The van der Waals surface area contributed by atoms with Crippen LogP contribution in [0.1, 0.15) is 13.3 Å². The molecule has 1 amide bonds. The van der Waals surface area contributed by atoms with Gasteiger partial charge in [-0.2, -0.15) is 17.0 Å². The standard InChI is InChI=1S/C9H17N3OS/c1-8(14-2)6-11-7-9(13)12-5-3-4-10/h8,11H,3,5-7H2,1-2H3,(H,12,13). The summed E-state index contributed by atoms with van der Waals surface area (Å²) >= 11 is 1.76. The van der Waals surface area contributed by atoms with E-state index in [1.165, 1.54) is 0 Å². The molecule has 0 heterocycles. The number of amides is 1. The summed E-state index contributed by atoms with van der Waals surface area (Å²) in [7, 11) is 0. The predicted molar refractivity (Wildman–Crippen MR) is 59.1 cm³/mol. The number of rotatable bonds is 7. The molecule has 1 atom stereocenters. The molecule has 0 aromatic rings. The number of nitrogens with zero attached hydrogens (tertiary/aromatic N) is 1. The van der Waals surface area contributed by atoms with Crippen molar-refractivity contribution >= 4 is 17.7 Å². The largest absolute Gasteiger partial charge is 0.354 e. The Labute approximate surface area is 89.4 Å². The summed E-state index contributed by atoms with van der Waals surface area (Å²) in [6.07, 6.45) is 2.41. The van der Waals surface area contributed by atoms with E-state index >= 15 is 0 Å². The maximum atomic E-state index is 11.1. The van der Waals surface area contributed by atoms with E-state index in [1.54, 1.807) is 11.8 Å². The van der Waals surface area contributed by atoms with Crippen LogP contribution in [0.3, 0.4) is 0 Å². The van der Waals surface area contributed by atoms with Gasteiger partial charge in [-0.05, 0) is 6.26 Å². The maximum absolute atomic E-state index is 11.1. The zero-order valence-corrected chi connectivity index (χ0v) is 9.49. The van der Waals surface area contributed by atoms with Crippen LogP contribution in [-0.4, -0.2) is 37.0 Å². The third kappa shape index (κ3) is 7.90. The first kappa shape index (κ1) is 13.3. The van der Waals surface area contributed by atoms with Crippen molar-refractivity contribution in [2.24, 2.45) is 0 Å². The molecule has 0 radical (unpaired) electrons. The van der Waals surface area contributed by atoms with E-state index in [0.717, 1.165) is 6.54 Å². The van der Waals surface area contributed by atoms with E-state index in [1.807, 2.05) is 12.3 Å². The highest BCUT2D eigenvalue weighted by Crippen LogP contribution is 2.01. The summed E-state index contributed by atoms with van der Waals surface area (Å²) in [4.78, 5) is 11.1. The second-order valence-corrected chi connectivity index (χ2v) is 4.21. The number of carbonyl (C=O) groups excluding carboxylic acids is 1.